The minimum absolute atomic E-state index is 0.00162. The smallest absolute Gasteiger partial charge is 0.220 e. The third-order valence-electron chi connectivity index (χ3n) is 4.30. The Hall–Kier alpha value is -1.46. The molecule has 0 saturated heterocycles. The van der Waals surface area contributed by atoms with Crippen LogP contribution in [0, 0.1) is 0 Å². The van der Waals surface area contributed by atoms with Gasteiger partial charge in [-0.15, -0.1) is 11.3 Å². The fraction of sp³-hybridized carbons (Fsp3) is 0.529. The first-order valence-electron chi connectivity index (χ1n) is 7.98. The molecule has 0 aliphatic heterocycles. The van der Waals surface area contributed by atoms with Gasteiger partial charge in [0.2, 0.25) is 5.91 Å². The zero-order valence-electron chi connectivity index (χ0n) is 12.7. The number of carbonyl (C=O) groups excluding carboxylic acids is 1. The molecular weight excluding hydrogens is 296 g/mol. The molecule has 118 valence electrons. The second-order valence-corrected chi connectivity index (χ2v) is 7.25. The van der Waals surface area contributed by atoms with Gasteiger partial charge in [-0.25, -0.2) is 4.98 Å². The quantitative estimate of drug-likeness (QED) is 0.891. The normalized spacial score (nSPS) is 17.5. The predicted octanol–water partition coefficient (Wildman–Crippen LogP) is 3.04. The summed E-state index contributed by atoms with van der Waals surface area (Å²) < 4.78 is 1.16. The average Bonchev–Trinajstić information content (AvgIpc) is 2.95. The number of aromatic nitrogens is 1. The summed E-state index contributed by atoms with van der Waals surface area (Å²) in [6.45, 7) is 0.381. The molecule has 0 spiro atoms. The molecule has 5 heteroatoms. The van der Waals surface area contributed by atoms with E-state index in [1.807, 2.05) is 18.2 Å². The Labute approximate surface area is 134 Å². The van der Waals surface area contributed by atoms with Crippen LogP contribution in [0.4, 0.5) is 0 Å². The number of hydrogen-bond donors (Lipinski definition) is 2. The van der Waals surface area contributed by atoms with Crippen LogP contribution < -0.4 is 5.32 Å². The molecule has 0 bridgehead atoms. The van der Waals surface area contributed by atoms with Crippen molar-refractivity contribution in [2.24, 2.45) is 0 Å². The van der Waals surface area contributed by atoms with E-state index in [-0.39, 0.29) is 5.91 Å². The van der Waals surface area contributed by atoms with Crippen molar-refractivity contribution in [1.29, 1.82) is 0 Å². The van der Waals surface area contributed by atoms with Crippen LogP contribution in [0.2, 0.25) is 0 Å². The number of aryl methyl sites for hydroxylation is 1. The third-order valence-corrected chi connectivity index (χ3v) is 5.40. The zero-order chi connectivity index (χ0) is 15.4. The fourth-order valence-electron chi connectivity index (χ4n) is 2.99. The van der Waals surface area contributed by atoms with Crippen LogP contribution in [-0.2, 0) is 11.2 Å². The molecule has 0 radical (unpaired) electrons. The van der Waals surface area contributed by atoms with Gasteiger partial charge in [0, 0.05) is 19.4 Å². The molecule has 0 unspecified atom stereocenters. The van der Waals surface area contributed by atoms with Gasteiger partial charge in [-0.1, -0.05) is 31.4 Å². The van der Waals surface area contributed by atoms with Crippen LogP contribution in [0.3, 0.4) is 0 Å². The number of amides is 1. The van der Waals surface area contributed by atoms with E-state index in [9.17, 15) is 9.90 Å². The fourth-order valence-corrected chi connectivity index (χ4v) is 3.95. The summed E-state index contributed by atoms with van der Waals surface area (Å²) in [5.74, 6) is -0.00162. The Kier molecular flexibility index (Phi) is 4.74. The Morgan fingerprint density at radius 1 is 1.27 bits per heavy atom. The summed E-state index contributed by atoms with van der Waals surface area (Å²) in [5, 5.41) is 14.3. The number of rotatable bonds is 5. The van der Waals surface area contributed by atoms with Crippen molar-refractivity contribution in [3.05, 3.63) is 29.3 Å². The summed E-state index contributed by atoms with van der Waals surface area (Å²) in [5.41, 5.74) is 0.309. The van der Waals surface area contributed by atoms with Crippen molar-refractivity contribution in [3.8, 4) is 0 Å². The van der Waals surface area contributed by atoms with Crippen LogP contribution >= 0.6 is 11.3 Å². The van der Waals surface area contributed by atoms with Gasteiger partial charge in [-0.2, -0.15) is 0 Å². The van der Waals surface area contributed by atoms with Gasteiger partial charge in [0.1, 0.15) is 0 Å². The first kappa shape index (κ1) is 15.4. The van der Waals surface area contributed by atoms with Crippen molar-refractivity contribution in [1.82, 2.24) is 10.3 Å². The second-order valence-electron chi connectivity index (χ2n) is 6.14. The van der Waals surface area contributed by atoms with Gasteiger partial charge in [0.15, 0.2) is 0 Å². The van der Waals surface area contributed by atoms with Crippen molar-refractivity contribution in [2.45, 2.75) is 50.5 Å². The first-order chi connectivity index (χ1) is 10.6. The van der Waals surface area contributed by atoms with E-state index >= 15 is 0 Å². The molecule has 0 atom stereocenters. The Bertz CT molecular complexity index is 614. The lowest BCUT2D eigenvalue weighted by atomic mass is 9.85. The van der Waals surface area contributed by atoms with Crippen LogP contribution in [-0.4, -0.2) is 28.1 Å². The maximum absolute atomic E-state index is 12.0. The third kappa shape index (κ3) is 3.84. The highest BCUT2D eigenvalue weighted by atomic mass is 32.1. The minimum Gasteiger partial charge on any atom is -0.388 e. The van der Waals surface area contributed by atoms with E-state index in [2.05, 4.69) is 16.4 Å². The molecule has 2 aromatic rings. The van der Waals surface area contributed by atoms with Crippen molar-refractivity contribution in [3.63, 3.8) is 0 Å². The number of fused-ring (bicyclic) bond motifs is 1. The number of hydrogen-bond acceptors (Lipinski definition) is 4. The summed E-state index contributed by atoms with van der Waals surface area (Å²) in [6.07, 6.45) is 5.97. The lowest BCUT2D eigenvalue weighted by Gasteiger charge is -2.32. The summed E-state index contributed by atoms with van der Waals surface area (Å²) in [7, 11) is 0. The number of aliphatic hydroxyl groups is 1. The molecule has 1 amide bonds. The number of nitrogens with one attached hydrogen (secondary N) is 1. The molecule has 4 nitrogen and oxygen atoms in total. The Morgan fingerprint density at radius 2 is 2.05 bits per heavy atom. The van der Waals surface area contributed by atoms with Crippen molar-refractivity contribution in [2.75, 3.05) is 6.54 Å². The van der Waals surface area contributed by atoms with Crippen LogP contribution in [0.25, 0.3) is 10.2 Å². The molecule has 1 saturated carbocycles. The van der Waals surface area contributed by atoms with Gasteiger partial charge < -0.3 is 10.4 Å². The number of carbonyl (C=O) groups is 1. The maximum Gasteiger partial charge on any atom is 0.220 e. The van der Waals surface area contributed by atoms with Gasteiger partial charge in [-0.05, 0) is 25.0 Å². The van der Waals surface area contributed by atoms with Gasteiger partial charge in [-0.3, -0.25) is 4.79 Å². The van der Waals surface area contributed by atoms with E-state index in [4.69, 9.17) is 0 Å². The van der Waals surface area contributed by atoms with E-state index in [0.717, 1.165) is 40.9 Å². The number of benzene rings is 1. The molecule has 22 heavy (non-hydrogen) atoms. The van der Waals surface area contributed by atoms with E-state index < -0.39 is 5.60 Å². The molecular formula is C17H22N2O2S. The van der Waals surface area contributed by atoms with Crippen LogP contribution in [0.1, 0.15) is 43.5 Å². The summed E-state index contributed by atoms with van der Waals surface area (Å²) in [6, 6.07) is 8.02. The lowest BCUT2D eigenvalue weighted by molar-refractivity contribution is -0.122. The molecule has 1 aromatic heterocycles. The summed E-state index contributed by atoms with van der Waals surface area (Å²) >= 11 is 1.64. The molecule has 1 aliphatic carbocycles. The molecule has 1 aliphatic rings. The number of nitrogens with zero attached hydrogens (tertiary/aromatic N) is 1. The molecule has 1 aromatic carbocycles. The highest BCUT2D eigenvalue weighted by molar-refractivity contribution is 7.18. The highest BCUT2D eigenvalue weighted by Crippen LogP contribution is 2.27. The zero-order valence-corrected chi connectivity index (χ0v) is 13.5. The highest BCUT2D eigenvalue weighted by Gasteiger charge is 2.29. The Morgan fingerprint density at radius 3 is 2.82 bits per heavy atom. The van der Waals surface area contributed by atoms with Crippen molar-refractivity contribution >= 4 is 27.5 Å². The summed E-state index contributed by atoms with van der Waals surface area (Å²) in [4.78, 5) is 16.5. The van der Waals surface area contributed by atoms with Crippen LogP contribution in [0.5, 0.6) is 0 Å². The lowest BCUT2D eigenvalue weighted by Crippen LogP contribution is -2.44. The topological polar surface area (TPSA) is 62.2 Å². The second kappa shape index (κ2) is 6.75. The van der Waals surface area contributed by atoms with Crippen LogP contribution in [0.15, 0.2) is 24.3 Å². The van der Waals surface area contributed by atoms with Gasteiger partial charge >= 0.3 is 0 Å². The molecule has 1 heterocycles. The largest absolute Gasteiger partial charge is 0.388 e. The van der Waals surface area contributed by atoms with Gasteiger partial charge in [0.25, 0.3) is 0 Å². The van der Waals surface area contributed by atoms with Gasteiger partial charge in [0.05, 0.1) is 20.8 Å². The standard InChI is InChI=1S/C17H22N2O2S/c20-15(18-12-17(21)10-4-1-5-11-17)8-9-16-19-13-6-2-3-7-14(13)22-16/h2-3,6-7,21H,1,4-5,8-12H2,(H,18,20). The van der Waals surface area contributed by atoms with E-state index in [1.165, 1.54) is 6.42 Å². The number of para-hydroxylation sites is 1. The SMILES string of the molecule is O=C(CCc1nc2ccccc2s1)NCC1(O)CCCCC1. The maximum atomic E-state index is 12.0. The minimum atomic E-state index is -0.691. The molecule has 1 fully saturated rings. The molecule has 2 N–H and O–H groups in total. The van der Waals surface area contributed by atoms with Crippen molar-refractivity contribution < 1.29 is 9.90 Å². The predicted molar refractivity (Wildman–Crippen MR) is 89.0 cm³/mol. The Balaban J connectivity index is 1.47. The number of thiazole rings is 1. The average molecular weight is 318 g/mol. The van der Waals surface area contributed by atoms with E-state index in [0.29, 0.717) is 19.4 Å². The first-order valence-corrected chi connectivity index (χ1v) is 8.80. The van der Waals surface area contributed by atoms with E-state index in [1.54, 1.807) is 11.3 Å². The molecule has 3 rings (SSSR count). The monoisotopic (exact) mass is 318 g/mol.